The van der Waals surface area contributed by atoms with E-state index in [1.165, 1.54) is 31.2 Å². The number of ether oxygens (including phenoxy) is 3. The Morgan fingerprint density at radius 3 is 2.42 bits per heavy atom. The first-order valence-electron chi connectivity index (χ1n) is 10.1. The summed E-state index contributed by atoms with van der Waals surface area (Å²) in [4.78, 5) is 44.4. The van der Waals surface area contributed by atoms with Crippen molar-refractivity contribution in [2.75, 3.05) is 40.5 Å². The lowest BCUT2D eigenvalue weighted by Crippen LogP contribution is -2.54. The molecule has 3 rings (SSSR count). The highest BCUT2D eigenvalue weighted by molar-refractivity contribution is 5.88. The number of fused-ring (bicyclic) bond motifs is 1. The fourth-order valence-corrected chi connectivity index (χ4v) is 3.47. The molecule has 1 aliphatic heterocycles. The molecule has 168 valence electrons. The van der Waals surface area contributed by atoms with Crippen molar-refractivity contribution in [1.29, 1.82) is 0 Å². The van der Waals surface area contributed by atoms with Crippen molar-refractivity contribution in [3.8, 4) is 11.5 Å². The van der Waals surface area contributed by atoms with Gasteiger partial charge < -0.3 is 24.4 Å². The Morgan fingerprint density at radius 2 is 1.81 bits per heavy atom. The predicted molar refractivity (Wildman–Crippen MR) is 113 cm³/mol. The van der Waals surface area contributed by atoms with Crippen LogP contribution in [0.5, 0.6) is 11.5 Å². The number of aromatic nitrogens is 2. The van der Waals surface area contributed by atoms with Crippen molar-refractivity contribution in [1.82, 2.24) is 19.8 Å². The van der Waals surface area contributed by atoms with Crippen LogP contribution in [0.25, 0.3) is 10.9 Å². The van der Waals surface area contributed by atoms with E-state index >= 15 is 0 Å². The molecule has 1 fully saturated rings. The highest BCUT2D eigenvalue weighted by Gasteiger charge is 2.29. The average molecular weight is 432 g/mol. The van der Waals surface area contributed by atoms with Gasteiger partial charge >= 0.3 is 0 Å². The quantitative estimate of drug-likeness (QED) is 0.675. The van der Waals surface area contributed by atoms with Gasteiger partial charge in [0, 0.05) is 19.2 Å². The summed E-state index contributed by atoms with van der Waals surface area (Å²) >= 11 is 0. The summed E-state index contributed by atoms with van der Waals surface area (Å²) in [5.74, 6) is 0.157. The van der Waals surface area contributed by atoms with Gasteiger partial charge in [-0.15, -0.1) is 0 Å². The lowest BCUT2D eigenvalue weighted by atomic mass is 10.0. The molecule has 0 bridgehead atoms. The molecule has 2 amide bonds. The van der Waals surface area contributed by atoms with Gasteiger partial charge in [-0.3, -0.25) is 19.0 Å². The smallest absolute Gasteiger partial charge is 0.261 e. The van der Waals surface area contributed by atoms with Crippen LogP contribution in [-0.4, -0.2) is 72.8 Å². The maximum atomic E-state index is 12.9. The third-order valence-corrected chi connectivity index (χ3v) is 5.22. The van der Waals surface area contributed by atoms with E-state index in [4.69, 9.17) is 14.2 Å². The van der Waals surface area contributed by atoms with Crippen molar-refractivity contribution in [2.45, 2.75) is 26.4 Å². The molecule has 0 spiro atoms. The Balaban J connectivity index is 1.79. The molecule has 2 heterocycles. The number of hydrogen-bond donors (Lipinski definition) is 1. The van der Waals surface area contributed by atoms with Crippen LogP contribution in [0.15, 0.2) is 23.3 Å². The molecule has 10 nitrogen and oxygen atoms in total. The molecule has 1 saturated heterocycles. The first-order chi connectivity index (χ1) is 14.8. The van der Waals surface area contributed by atoms with Crippen LogP contribution in [0.1, 0.15) is 13.8 Å². The normalized spacial score (nSPS) is 15.1. The average Bonchev–Trinajstić information content (AvgIpc) is 2.78. The van der Waals surface area contributed by atoms with E-state index in [0.29, 0.717) is 48.7 Å². The predicted octanol–water partition coefficient (Wildman–Crippen LogP) is 0.413. The van der Waals surface area contributed by atoms with Gasteiger partial charge in [0.25, 0.3) is 5.56 Å². The summed E-state index contributed by atoms with van der Waals surface area (Å²) < 4.78 is 17.0. The minimum Gasteiger partial charge on any atom is -0.493 e. The van der Waals surface area contributed by atoms with E-state index in [-0.39, 0.29) is 23.9 Å². The van der Waals surface area contributed by atoms with E-state index < -0.39 is 11.9 Å². The van der Waals surface area contributed by atoms with E-state index in [0.717, 1.165) is 0 Å². The zero-order chi connectivity index (χ0) is 22.5. The molecule has 1 atom stereocenters. The number of carbonyl (C=O) groups is 2. The molecule has 31 heavy (non-hydrogen) atoms. The summed E-state index contributed by atoms with van der Waals surface area (Å²) in [5.41, 5.74) is 0.0450. The van der Waals surface area contributed by atoms with Gasteiger partial charge in [-0.2, -0.15) is 0 Å². The van der Waals surface area contributed by atoms with Crippen LogP contribution in [-0.2, 0) is 20.9 Å². The lowest BCUT2D eigenvalue weighted by molar-refractivity contribution is -0.141. The van der Waals surface area contributed by atoms with Crippen LogP contribution in [0, 0.1) is 5.92 Å². The Kier molecular flexibility index (Phi) is 7.11. The van der Waals surface area contributed by atoms with Gasteiger partial charge in [0.05, 0.1) is 44.7 Å². The SMILES string of the molecule is COc1cc2ncn(CC(=O)NC(C(=O)N3CCOCC3)C(C)C)c(=O)c2cc1OC. The number of amides is 2. The summed E-state index contributed by atoms with van der Waals surface area (Å²) in [6, 6.07) is 2.46. The molecule has 1 unspecified atom stereocenters. The van der Waals surface area contributed by atoms with Gasteiger partial charge in [-0.1, -0.05) is 13.8 Å². The van der Waals surface area contributed by atoms with Crippen LogP contribution in [0.4, 0.5) is 0 Å². The first kappa shape index (κ1) is 22.5. The Bertz CT molecular complexity index is 1010. The van der Waals surface area contributed by atoms with Crippen LogP contribution in [0.2, 0.25) is 0 Å². The van der Waals surface area contributed by atoms with Gasteiger partial charge in [0.2, 0.25) is 11.8 Å². The molecular formula is C21H28N4O6. The number of benzene rings is 1. The molecule has 1 aromatic heterocycles. The molecular weight excluding hydrogens is 404 g/mol. The molecule has 0 saturated carbocycles. The second-order valence-corrected chi connectivity index (χ2v) is 7.63. The molecule has 2 aromatic rings. The van der Waals surface area contributed by atoms with Crippen molar-refractivity contribution in [3.05, 3.63) is 28.8 Å². The van der Waals surface area contributed by atoms with Crippen LogP contribution < -0.4 is 20.3 Å². The zero-order valence-electron chi connectivity index (χ0n) is 18.2. The molecule has 1 aliphatic rings. The minimum atomic E-state index is -0.681. The number of rotatable bonds is 7. The molecule has 0 radical (unpaired) electrons. The third-order valence-electron chi connectivity index (χ3n) is 5.22. The third kappa shape index (κ3) is 4.96. The maximum Gasteiger partial charge on any atom is 0.261 e. The lowest BCUT2D eigenvalue weighted by Gasteiger charge is -2.32. The van der Waals surface area contributed by atoms with Gasteiger partial charge in [-0.05, 0) is 12.0 Å². The summed E-state index contributed by atoms with van der Waals surface area (Å²) in [5, 5.41) is 3.08. The molecule has 1 N–H and O–H groups in total. The maximum absolute atomic E-state index is 12.9. The number of carbonyl (C=O) groups excluding carboxylic acids is 2. The number of nitrogens with zero attached hydrogens (tertiary/aromatic N) is 3. The Hall–Kier alpha value is -3.14. The summed E-state index contributed by atoms with van der Waals surface area (Å²) in [6.45, 7) is 5.44. The largest absolute Gasteiger partial charge is 0.493 e. The van der Waals surface area contributed by atoms with Crippen LogP contribution in [0.3, 0.4) is 0 Å². The van der Waals surface area contributed by atoms with Gasteiger partial charge in [0.15, 0.2) is 11.5 Å². The van der Waals surface area contributed by atoms with Gasteiger partial charge in [-0.25, -0.2) is 4.98 Å². The van der Waals surface area contributed by atoms with Crippen molar-refractivity contribution in [3.63, 3.8) is 0 Å². The summed E-state index contributed by atoms with van der Waals surface area (Å²) in [7, 11) is 2.97. The number of nitrogens with one attached hydrogen (secondary N) is 1. The highest BCUT2D eigenvalue weighted by Crippen LogP contribution is 2.29. The minimum absolute atomic E-state index is 0.109. The number of methoxy groups -OCH3 is 2. The van der Waals surface area contributed by atoms with E-state index in [1.807, 2.05) is 13.8 Å². The highest BCUT2D eigenvalue weighted by atomic mass is 16.5. The fourth-order valence-electron chi connectivity index (χ4n) is 3.47. The van der Waals surface area contributed by atoms with E-state index in [1.54, 1.807) is 11.0 Å². The second-order valence-electron chi connectivity index (χ2n) is 7.63. The molecule has 0 aliphatic carbocycles. The number of morpholine rings is 1. The monoisotopic (exact) mass is 432 g/mol. The van der Waals surface area contributed by atoms with Crippen molar-refractivity contribution >= 4 is 22.7 Å². The van der Waals surface area contributed by atoms with Gasteiger partial charge in [0.1, 0.15) is 12.6 Å². The Morgan fingerprint density at radius 1 is 1.16 bits per heavy atom. The van der Waals surface area contributed by atoms with E-state index in [9.17, 15) is 14.4 Å². The first-order valence-corrected chi connectivity index (χ1v) is 10.1. The Labute approximate surface area is 180 Å². The standard InChI is InChI=1S/C21H28N4O6/c1-13(2)19(21(28)24-5-7-31-8-6-24)23-18(26)11-25-12-22-15-10-17(30-4)16(29-3)9-14(15)20(25)27/h9-10,12-13,19H,5-8,11H2,1-4H3,(H,23,26). The van der Waals surface area contributed by atoms with E-state index in [2.05, 4.69) is 10.3 Å². The topological polar surface area (TPSA) is 112 Å². The zero-order valence-corrected chi connectivity index (χ0v) is 18.2. The second kappa shape index (κ2) is 9.78. The van der Waals surface area contributed by atoms with Crippen LogP contribution >= 0.6 is 0 Å². The molecule has 10 heteroatoms. The summed E-state index contributed by atoms with van der Waals surface area (Å²) in [6.07, 6.45) is 1.31. The van der Waals surface area contributed by atoms with Crippen molar-refractivity contribution < 1.29 is 23.8 Å². The molecule has 1 aromatic carbocycles. The van der Waals surface area contributed by atoms with Crippen molar-refractivity contribution in [2.24, 2.45) is 5.92 Å². The number of hydrogen-bond acceptors (Lipinski definition) is 7. The fraction of sp³-hybridized carbons (Fsp3) is 0.524.